The number of nitrogens with two attached hydrogens (primary N) is 2. The van der Waals surface area contributed by atoms with Gasteiger partial charge >= 0.3 is 0 Å². The van der Waals surface area contributed by atoms with Crippen molar-refractivity contribution in [3.63, 3.8) is 0 Å². The molecular formula is C23H35Cl2N3O5. The average Bonchev–Trinajstić information content (AvgIpc) is 2.80. The minimum atomic E-state index is -0.495. The zero-order valence-electron chi connectivity index (χ0n) is 19.5. The number of aliphatic hydroxyl groups excluding tert-OH is 1. The molecule has 0 aliphatic heterocycles. The highest BCUT2D eigenvalue weighted by Gasteiger charge is 2.19. The van der Waals surface area contributed by atoms with Crippen LogP contribution >= 0.6 is 0 Å². The summed E-state index contributed by atoms with van der Waals surface area (Å²) in [4.78, 5) is 12.3. The Balaban J connectivity index is 0.00000512. The van der Waals surface area contributed by atoms with Gasteiger partial charge in [-0.15, -0.1) is 0 Å². The summed E-state index contributed by atoms with van der Waals surface area (Å²) in [6.07, 6.45) is -0.107. The van der Waals surface area contributed by atoms with Gasteiger partial charge in [-0.3, -0.25) is 4.79 Å². The number of methoxy groups -OCH3 is 3. The minimum absolute atomic E-state index is 0. The van der Waals surface area contributed by atoms with E-state index in [-0.39, 0.29) is 36.8 Å². The molecule has 33 heavy (non-hydrogen) atoms. The van der Waals surface area contributed by atoms with Crippen LogP contribution in [-0.4, -0.2) is 58.0 Å². The van der Waals surface area contributed by atoms with Gasteiger partial charge in [0.15, 0.2) is 11.5 Å². The Kier molecular flexibility index (Phi) is 15.3. The summed E-state index contributed by atoms with van der Waals surface area (Å²) in [7, 11) is 4.61. The van der Waals surface area contributed by atoms with Crippen LogP contribution in [0.5, 0.6) is 17.2 Å². The fourth-order valence-corrected chi connectivity index (χ4v) is 3.31. The number of aliphatic hydroxyl groups is 1. The molecule has 2 atom stereocenters. The third-order valence-electron chi connectivity index (χ3n) is 5.07. The number of anilines is 1. The van der Waals surface area contributed by atoms with Gasteiger partial charge < -0.3 is 60.1 Å². The van der Waals surface area contributed by atoms with Crippen LogP contribution in [0.3, 0.4) is 0 Å². The molecule has 0 heterocycles. The van der Waals surface area contributed by atoms with Crippen molar-refractivity contribution in [3.8, 4) is 17.2 Å². The molecule has 0 fully saturated rings. The molecule has 186 valence electrons. The van der Waals surface area contributed by atoms with Crippen molar-refractivity contribution in [1.29, 1.82) is 0 Å². The molecule has 2 rings (SSSR count). The Morgan fingerprint density at radius 1 is 0.970 bits per heavy atom. The Morgan fingerprint density at radius 3 is 2.12 bits per heavy atom. The van der Waals surface area contributed by atoms with E-state index < -0.39 is 6.10 Å². The lowest BCUT2D eigenvalue weighted by Crippen LogP contribution is -3.00. The lowest BCUT2D eigenvalue weighted by molar-refractivity contribution is -0.743. The number of quaternary nitrogens is 2. The van der Waals surface area contributed by atoms with Crippen molar-refractivity contribution < 1.29 is 59.6 Å². The number of carbonyl (C=O) groups is 1. The third-order valence-corrected chi connectivity index (χ3v) is 5.07. The van der Waals surface area contributed by atoms with Gasteiger partial charge in [0.2, 0.25) is 11.7 Å². The maximum Gasteiger partial charge on any atom is 0.230 e. The first-order chi connectivity index (χ1) is 15.0. The Morgan fingerprint density at radius 2 is 1.58 bits per heavy atom. The van der Waals surface area contributed by atoms with E-state index in [1.807, 2.05) is 37.3 Å². The Labute approximate surface area is 208 Å². The molecule has 0 bridgehead atoms. The molecule has 2 aromatic carbocycles. The van der Waals surface area contributed by atoms with Gasteiger partial charge in [0.25, 0.3) is 0 Å². The normalized spacial score (nSPS) is 11.9. The molecule has 0 spiro atoms. The van der Waals surface area contributed by atoms with Crippen molar-refractivity contribution in [1.82, 2.24) is 0 Å². The molecule has 6 N–H and O–H groups in total. The molecule has 0 saturated heterocycles. The highest BCUT2D eigenvalue weighted by atomic mass is 35.5. The second-order valence-corrected chi connectivity index (χ2v) is 7.32. The van der Waals surface area contributed by atoms with Crippen LogP contribution < -0.4 is 55.0 Å². The molecule has 8 nitrogen and oxygen atoms in total. The van der Waals surface area contributed by atoms with Crippen LogP contribution in [0.2, 0.25) is 0 Å². The monoisotopic (exact) mass is 503 g/mol. The lowest BCUT2D eigenvalue weighted by atomic mass is 10.0. The SMILES string of the molecule is COc1cc(NC(=O)CC[NH2+]CC[NH2+]C(C)C(O)c2ccccc2)cc(OC)c1OC.[Cl-].[Cl-]. The van der Waals surface area contributed by atoms with Crippen molar-refractivity contribution in [2.75, 3.05) is 46.3 Å². The number of halogens is 2. The van der Waals surface area contributed by atoms with Gasteiger partial charge in [0.1, 0.15) is 25.2 Å². The van der Waals surface area contributed by atoms with Crippen molar-refractivity contribution >= 4 is 11.6 Å². The molecule has 0 aliphatic rings. The molecule has 0 aliphatic carbocycles. The van der Waals surface area contributed by atoms with Crippen LogP contribution in [0.1, 0.15) is 25.0 Å². The van der Waals surface area contributed by atoms with E-state index in [1.54, 1.807) is 12.1 Å². The van der Waals surface area contributed by atoms with Gasteiger partial charge in [-0.25, -0.2) is 0 Å². The summed E-state index contributed by atoms with van der Waals surface area (Å²) < 4.78 is 15.9. The number of hydrogen-bond acceptors (Lipinski definition) is 5. The number of amides is 1. The van der Waals surface area contributed by atoms with Crippen molar-refractivity contribution in [2.24, 2.45) is 0 Å². The number of rotatable bonds is 13. The smallest absolute Gasteiger partial charge is 0.230 e. The minimum Gasteiger partial charge on any atom is -1.00 e. The summed E-state index contributed by atoms with van der Waals surface area (Å²) in [6.45, 7) is 4.42. The fourth-order valence-electron chi connectivity index (χ4n) is 3.31. The van der Waals surface area contributed by atoms with Crippen LogP contribution in [-0.2, 0) is 4.79 Å². The van der Waals surface area contributed by atoms with Crippen molar-refractivity contribution in [3.05, 3.63) is 48.0 Å². The van der Waals surface area contributed by atoms with E-state index >= 15 is 0 Å². The standard InChI is InChI=1S/C23H33N3O5.2ClH/c1-16(22(28)17-8-6-5-7-9-17)25-13-12-24-11-10-21(27)26-18-14-19(29-2)23(31-4)20(15-18)30-3;;/h5-9,14-16,22,24-25,28H,10-13H2,1-4H3,(H,26,27);2*1H. The van der Waals surface area contributed by atoms with Crippen LogP contribution in [0.15, 0.2) is 42.5 Å². The second-order valence-electron chi connectivity index (χ2n) is 7.32. The quantitative estimate of drug-likeness (QED) is 0.204. The van der Waals surface area contributed by atoms with Crippen LogP contribution in [0.4, 0.5) is 5.69 Å². The predicted octanol–water partition coefficient (Wildman–Crippen LogP) is -5.70. The average molecular weight is 504 g/mol. The molecule has 0 aromatic heterocycles. The van der Waals surface area contributed by atoms with E-state index in [4.69, 9.17) is 14.2 Å². The third kappa shape index (κ3) is 9.65. The van der Waals surface area contributed by atoms with Gasteiger partial charge in [-0.2, -0.15) is 0 Å². The molecule has 2 aromatic rings. The van der Waals surface area contributed by atoms with Gasteiger partial charge in [0.05, 0.1) is 34.3 Å². The lowest BCUT2D eigenvalue weighted by Gasteiger charge is -2.17. The summed E-state index contributed by atoms with van der Waals surface area (Å²) >= 11 is 0. The second kappa shape index (κ2) is 16.4. The summed E-state index contributed by atoms with van der Waals surface area (Å²) in [6, 6.07) is 13.2. The van der Waals surface area contributed by atoms with E-state index in [9.17, 15) is 9.90 Å². The number of ether oxygens (including phenoxy) is 3. The summed E-state index contributed by atoms with van der Waals surface area (Å²) in [5.41, 5.74) is 1.52. The first-order valence-electron chi connectivity index (χ1n) is 10.5. The summed E-state index contributed by atoms with van der Waals surface area (Å²) in [5.74, 6) is 1.39. The molecular weight excluding hydrogens is 469 g/mol. The predicted molar refractivity (Wildman–Crippen MR) is 119 cm³/mol. The van der Waals surface area contributed by atoms with Gasteiger partial charge in [-0.05, 0) is 12.5 Å². The Bertz CT molecular complexity index is 802. The number of hydrogen-bond donors (Lipinski definition) is 4. The van der Waals surface area contributed by atoms with E-state index in [2.05, 4.69) is 16.0 Å². The van der Waals surface area contributed by atoms with Crippen molar-refractivity contribution in [2.45, 2.75) is 25.5 Å². The number of carbonyl (C=O) groups excluding carboxylic acids is 1. The van der Waals surface area contributed by atoms with E-state index in [0.717, 1.165) is 18.7 Å². The molecule has 0 saturated carbocycles. The highest BCUT2D eigenvalue weighted by molar-refractivity contribution is 5.91. The molecule has 1 amide bonds. The van der Waals surface area contributed by atoms with Gasteiger partial charge in [0, 0.05) is 17.8 Å². The topological polar surface area (TPSA) is 110 Å². The number of benzene rings is 2. The Hall–Kier alpha value is -2.23. The maximum atomic E-state index is 12.3. The first-order valence-corrected chi connectivity index (χ1v) is 10.5. The molecule has 0 radical (unpaired) electrons. The maximum absolute atomic E-state index is 12.3. The largest absolute Gasteiger partial charge is 1.00 e. The fraction of sp³-hybridized carbons (Fsp3) is 0.435. The van der Waals surface area contributed by atoms with E-state index in [1.165, 1.54) is 21.3 Å². The van der Waals surface area contributed by atoms with E-state index in [0.29, 0.717) is 35.9 Å². The zero-order chi connectivity index (χ0) is 22.6. The number of nitrogens with one attached hydrogen (secondary N) is 1. The molecule has 10 heteroatoms. The first kappa shape index (κ1) is 30.8. The van der Waals surface area contributed by atoms with Crippen LogP contribution in [0, 0.1) is 0 Å². The molecule has 2 unspecified atom stereocenters. The van der Waals surface area contributed by atoms with Crippen LogP contribution in [0.25, 0.3) is 0 Å². The van der Waals surface area contributed by atoms with Gasteiger partial charge in [-0.1, -0.05) is 30.3 Å². The highest BCUT2D eigenvalue weighted by Crippen LogP contribution is 2.39. The zero-order valence-corrected chi connectivity index (χ0v) is 21.0. The summed E-state index contributed by atoms with van der Waals surface area (Å²) in [5, 5.41) is 17.5.